The zero-order valence-electron chi connectivity index (χ0n) is 15.8. The number of aryl methyl sites for hydroxylation is 2. The number of benzene rings is 2. The van der Waals surface area contributed by atoms with E-state index < -0.39 is 0 Å². The van der Waals surface area contributed by atoms with Crippen LogP contribution in [0.15, 0.2) is 48.5 Å². The minimum absolute atomic E-state index is 0.115. The highest BCUT2D eigenvalue weighted by Gasteiger charge is 2.12. The van der Waals surface area contributed by atoms with Crippen molar-refractivity contribution in [2.45, 2.75) is 27.3 Å². The summed E-state index contributed by atoms with van der Waals surface area (Å²) in [4.78, 5) is 29.1. The van der Waals surface area contributed by atoms with Gasteiger partial charge in [0.15, 0.2) is 0 Å². The molecule has 0 atom stereocenters. The van der Waals surface area contributed by atoms with E-state index >= 15 is 0 Å². The summed E-state index contributed by atoms with van der Waals surface area (Å²) in [5.74, 6) is -0.290. The Morgan fingerprint density at radius 3 is 2.56 bits per heavy atom. The number of hydrogen-bond donors (Lipinski definition) is 2. The highest BCUT2D eigenvalue weighted by molar-refractivity contribution is 5.98. The molecule has 0 spiro atoms. The highest BCUT2D eigenvalue weighted by atomic mass is 16.2. The molecule has 0 unspecified atom stereocenters. The van der Waals surface area contributed by atoms with Crippen molar-refractivity contribution < 1.29 is 9.59 Å². The second kappa shape index (κ2) is 7.99. The number of fused-ring (bicyclic) bond motifs is 1. The lowest BCUT2D eigenvalue weighted by Gasteiger charge is -2.10. The van der Waals surface area contributed by atoms with E-state index in [9.17, 15) is 9.59 Å². The second-order valence-electron chi connectivity index (χ2n) is 6.56. The largest absolute Gasteiger partial charge is 0.352 e. The first kappa shape index (κ1) is 18.6. The van der Waals surface area contributed by atoms with Crippen LogP contribution in [0, 0.1) is 13.8 Å². The fourth-order valence-electron chi connectivity index (χ4n) is 2.97. The number of aromatic nitrogens is 1. The van der Waals surface area contributed by atoms with Gasteiger partial charge in [0.25, 0.3) is 11.8 Å². The maximum absolute atomic E-state index is 12.6. The van der Waals surface area contributed by atoms with E-state index in [1.54, 1.807) is 12.1 Å². The molecule has 0 bridgehead atoms. The lowest BCUT2D eigenvalue weighted by molar-refractivity contribution is 0.0946. The van der Waals surface area contributed by atoms with Gasteiger partial charge in [-0.2, -0.15) is 0 Å². The molecule has 3 rings (SSSR count). The van der Waals surface area contributed by atoms with Crippen molar-refractivity contribution in [3.05, 3.63) is 76.5 Å². The van der Waals surface area contributed by atoms with E-state index in [1.165, 1.54) is 0 Å². The predicted octanol–water partition coefficient (Wildman–Crippen LogP) is 3.53. The molecule has 1 aromatic heterocycles. The topological polar surface area (TPSA) is 71.1 Å². The van der Waals surface area contributed by atoms with Crippen LogP contribution in [-0.2, 0) is 6.54 Å². The molecule has 2 N–H and O–H groups in total. The van der Waals surface area contributed by atoms with Gasteiger partial charge >= 0.3 is 0 Å². The Balaban J connectivity index is 1.75. The summed E-state index contributed by atoms with van der Waals surface area (Å²) in [6, 6.07) is 15.1. The van der Waals surface area contributed by atoms with Crippen LogP contribution in [0.1, 0.15) is 44.5 Å². The maximum atomic E-state index is 12.6. The third-order valence-electron chi connectivity index (χ3n) is 4.39. The molecule has 0 radical (unpaired) electrons. The molecule has 0 aliphatic carbocycles. The van der Waals surface area contributed by atoms with Crippen LogP contribution in [0.5, 0.6) is 0 Å². The molecule has 0 saturated heterocycles. The molecule has 0 aliphatic heterocycles. The van der Waals surface area contributed by atoms with Gasteiger partial charge in [0, 0.05) is 24.0 Å². The molecule has 0 saturated carbocycles. The lowest BCUT2D eigenvalue weighted by atomic mass is 10.1. The number of pyridine rings is 1. The molecule has 0 fully saturated rings. The second-order valence-corrected chi connectivity index (χ2v) is 6.56. The van der Waals surface area contributed by atoms with Crippen molar-refractivity contribution in [2.75, 3.05) is 6.54 Å². The van der Waals surface area contributed by atoms with Crippen LogP contribution >= 0.6 is 0 Å². The Morgan fingerprint density at radius 1 is 0.963 bits per heavy atom. The first-order valence-electron chi connectivity index (χ1n) is 9.01. The molecule has 1 heterocycles. The van der Waals surface area contributed by atoms with Gasteiger partial charge in [0.2, 0.25) is 0 Å². The Morgan fingerprint density at radius 2 is 1.78 bits per heavy atom. The molecular weight excluding hydrogens is 338 g/mol. The van der Waals surface area contributed by atoms with E-state index in [2.05, 4.69) is 15.6 Å². The summed E-state index contributed by atoms with van der Waals surface area (Å²) in [6.45, 7) is 6.66. The van der Waals surface area contributed by atoms with Crippen LogP contribution in [0.3, 0.4) is 0 Å². The highest BCUT2D eigenvalue weighted by Crippen LogP contribution is 2.18. The molecule has 0 aliphatic rings. The normalized spacial score (nSPS) is 10.6. The van der Waals surface area contributed by atoms with Crippen LogP contribution in [0.25, 0.3) is 10.9 Å². The van der Waals surface area contributed by atoms with E-state index in [1.807, 2.05) is 57.2 Å². The number of carbonyl (C=O) groups is 2. The van der Waals surface area contributed by atoms with E-state index in [4.69, 9.17) is 0 Å². The monoisotopic (exact) mass is 361 g/mol. The fourth-order valence-corrected chi connectivity index (χ4v) is 2.97. The zero-order valence-corrected chi connectivity index (χ0v) is 15.8. The van der Waals surface area contributed by atoms with Crippen LogP contribution < -0.4 is 10.6 Å². The number of rotatable bonds is 5. The van der Waals surface area contributed by atoms with Gasteiger partial charge in [-0.15, -0.1) is 0 Å². The lowest BCUT2D eigenvalue weighted by Crippen LogP contribution is -2.25. The average Bonchev–Trinajstić information content (AvgIpc) is 2.66. The third kappa shape index (κ3) is 4.31. The standard InChI is InChI=1S/C22H23N3O2/c1-4-23-21(26)18-7-5-6-16(11-18)13-24-22(27)19-12-17-9-8-14(2)10-20(17)25-15(19)3/h5-12H,4,13H2,1-3H3,(H,23,26)(H,24,27). The van der Waals surface area contributed by atoms with Crippen molar-refractivity contribution in [1.82, 2.24) is 15.6 Å². The Labute approximate surface area is 158 Å². The van der Waals surface area contributed by atoms with E-state index in [-0.39, 0.29) is 11.8 Å². The molecular formula is C22H23N3O2. The van der Waals surface area contributed by atoms with Crippen molar-refractivity contribution >= 4 is 22.7 Å². The maximum Gasteiger partial charge on any atom is 0.253 e. The number of carbonyl (C=O) groups excluding carboxylic acids is 2. The van der Waals surface area contributed by atoms with Gasteiger partial charge in [0.1, 0.15) is 0 Å². The SMILES string of the molecule is CCNC(=O)c1cccc(CNC(=O)c2cc3ccc(C)cc3nc2C)c1. The summed E-state index contributed by atoms with van der Waals surface area (Å²) in [7, 11) is 0. The Hall–Kier alpha value is -3.21. The summed E-state index contributed by atoms with van der Waals surface area (Å²) < 4.78 is 0. The van der Waals surface area contributed by atoms with Crippen molar-refractivity contribution in [2.24, 2.45) is 0 Å². The number of amides is 2. The quantitative estimate of drug-likeness (QED) is 0.730. The zero-order chi connectivity index (χ0) is 19.4. The summed E-state index contributed by atoms with van der Waals surface area (Å²) >= 11 is 0. The van der Waals surface area contributed by atoms with Crippen LogP contribution in [-0.4, -0.2) is 23.3 Å². The number of nitrogens with one attached hydrogen (secondary N) is 2. The molecule has 5 nitrogen and oxygen atoms in total. The van der Waals surface area contributed by atoms with Crippen molar-refractivity contribution in [3.63, 3.8) is 0 Å². The molecule has 27 heavy (non-hydrogen) atoms. The van der Waals surface area contributed by atoms with Crippen LogP contribution in [0.4, 0.5) is 0 Å². The minimum Gasteiger partial charge on any atom is -0.352 e. The van der Waals surface area contributed by atoms with Gasteiger partial charge in [-0.05, 0) is 56.2 Å². The first-order valence-corrected chi connectivity index (χ1v) is 9.01. The van der Waals surface area contributed by atoms with Gasteiger partial charge in [-0.1, -0.05) is 24.3 Å². The molecule has 2 amide bonds. The van der Waals surface area contributed by atoms with Crippen molar-refractivity contribution in [3.8, 4) is 0 Å². The van der Waals surface area contributed by atoms with E-state index in [0.29, 0.717) is 29.9 Å². The Kier molecular flexibility index (Phi) is 5.50. The summed E-state index contributed by atoms with van der Waals surface area (Å²) in [6.07, 6.45) is 0. The average molecular weight is 361 g/mol. The fraction of sp³-hybridized carbons (Fsp3) is 0.227. The Bertz CT molecular complexity index is 1010. The van der Waals surface area contributed by atoms with Gasteiger partial charge in [-0.25, -0.2) is 0 Å². The van der Waals surface area contributed by atoms with E-state index in [0.717, 1.165) is 22.0 Å². The first-order chi connectivity index (χ1) is 13.0. The smallest absolute Gasteiger partial charge is 0.253 e. The van der Waals surface area contributed by atoms with Crippen molar-refractivity contribution in [1.29, 1.82) is 0 Å². The molecule has 3 aromatic rings. The molecule has 138 valence electrons. The third-order valence-corrected chi connectivity index (χ3v) is 4.39. The van der Waals surface area contributed by atoms with Crippen LogP contribution in [0.2, 0.25) is 0 Å². The molecule has 2 aromatic carbocycles. The number of nitrogens with zero attached hydrogens (tertiary/aromatic N) is 1. The summed E-state index contributed by atoms with van der Waals surface area (Å²) in [5, 5.41) is 6.63. The van der Waals surface area contributed by atoms with Gasteiger partial charge in [-0.3, -0.25) is 14.6 Å². The van der Waals surface area contributed by atoms with Gasteiger partial charge < -0.3 is 10.6 Å². The molecule has 5 heteroatoms. The van der Waals surface area contributed by atoms with Gasteiger partial charge in [0.05, 0.1) is 16.8 Å². The minimum atomic E-state index is -0.175. The summed E-state index contributed by atoms with van der Waals surface area (Å²) in [5.41, 5.74) is 4.74. The predicted molar refractivity (Wildman–Crippen MR) is 107 cm³/mol. The number of hydrogen-bond acceptors (Lipinski definition) is 3.